The van der Waals surface area contributed by atoms with E-state index in [0.717, 1.165) is 33.8 Å². The molecule has 0 aliphatic carbocycles. The van der Waals surface area contributed by atoms with Gasteiger partial charge in [-0.15, -0.1) is 11.3 Å². The van der Waals surface area contributed by atoms with E-state index >= 15 is 0 Å². The van der Waals surface area contributed by atoms with Gasteiger partial charge in [-0.3, -0.25) is 0 Å². The number of hydrogen-bond acceptors (Lipinski definition) is 5. The average molecular weight is 313 g/mol. The van der Waals surface area contributed by atoms with Gasteiger partial charge in [0.15, 0.2) is 0 Å². The molecule has 0 unspecified atom stereocenters. The Bertz CT molecular complexity index is 742. The molecule has 4 nitrogen and oxygen atoms in total. The molecule has 0 radical (unpaired) electrons. The van der Waals surface area contributed by atoms with Crippen molar-refractivity contribution in [2.24, 2.45) is 0 Å². The van der Waals surface area contributed by atoms with Crippen molar-refractivity contribution in [1.29, 1.82) is 0 Å². The maximum absolute atomic E-state index is 9.38. The normalized spacial score (nSPS) is 12.5. The van der Waals surface area contributed by atoms with Crippen LogP contribution in [0.1, 0.15) is 30.8 Å². The lowest BCUT2D eigenvalue weighted by Gasteiger charge is -2.19. The first-order chi connectivity index (χ1) is 10.8. The van der Waals surface area contributed by atoms with Gasteiger partial charge < -0.3 is 10.4 Å². The molecule has 1 atom stereocenters. The van der Waals surface area contributed by atoms with Crippen LogP contribution in [0.3, 0.4) is 0 Å². The molecule has 3 aromatic rings. The monoisotopic (exact) mass is 313 g/mol. The Kier molecular flexibility index (Phi) is 4.65. The van der Waals surface area contributed by atoms with Crippen molar-refractivity contribution in [3.05, 3.63) is 53.2 Å². The Hall–Kier alpha value is -1.98. The van der Waals surface area contributed by atoms with Gasteiger partial charge in [-0.2, -0.15) is 0 Å². The summed E-state index contributed by atoms with van der Waals surface area (Å²) in [6.07, 6.45) is 1.44. The third kappa shape index (κ3) is 3.10. The van der Waals surface area contributed by atoms with Crippen molar-refractivity contribution >= 4 is 27.4 Å². The molecule has 114 valence electrons. The van der Waals surface area contributed by atoms with E-state index in [0.29, 0.717) is 6.42 Å². The molecule has 0 saturated carbocycles. The molecule has 22 heavy (non-hydrogen) atoms. The minimum absolute atomic E-state index is 0.0360. The van der Waals surface area contributed by atoms with Gasteiger partial charge in [0, 0.05) is 13.0 Å². The van der Waals surface area contributed by atoms with Crippen LogP contribution in [0.2, 0.25) is 0 Å². The van der Waals surface area contributed by atoms with Crippen molar-refractivity contribution in [3.63, 3.8) is 0 Å². The smallest absolute Gasteiger partial charge is 0.139 e. The van der Waals surface area contributed by atoms with E-state index in [-0.39, 0.29) is 12.6 Å². The number of thiophene rings is 1. The number of anilines is 1. The van der Waals surface area contributed by atoms with E-state index < -0.39 is 0 Å². The Morgan fingerprint density at radius 3 is 2.73 bits per heavy atom. The van der Waals surface area contributed by atoms with Crippen LogP contribution >= 0.6 is 11.3 Å². The quantitative estimate of drug-likeness (QED) is 0.727. The summed E-state index contributed by atoms with van der Waals surface area (Å²) in [6, 6.07) is 12.2. The predicted octanol–water partition coefficient (Wildman–Crippen LogP) is 3.79. The van der Waals surface area contributed by atoms with Crippen LogP contribution < -0.4 is 5.32 Å². The lowest BCUT2D eigenvalue weighted by atomic mass is 10.0. The summed E-state index contributed by atoms with van der Waals surface area (Å²) in [5, 5.41) is 16.0. The number of aromatic nitrogens is 2. The predicted molar refractivity (Wildman–Crippen MR) is 91.3 cm³/mol. The molecule has 0 aliphatic rings. The zero-order valence-corrected chi connectivity index (χ0v) is 13.3. The summed E-state index contributed by atoms with van der Waals surface area (Å²) < 4.78 is 0. The van der Waals surface area contributed by atoms with Crippen LogP contribution in [0.5, 0.6) is 0 Å². The van der Waals surface area contributed by atoms with Crippen LogP contribution in [0.15, 0.2) is 41.8 Å². The molecule has 0 bridgehead atoms. The molecule has 0 amide bonds. The SMILES string of the molecule is CCc1nc(N[C@@H](CCO)c2ccccc2)c2ccsc2n1. The number of aliphatic hydroxyl groups is 1. The first-order valence-corrected chi connectivity index (χ1v) is 8.36. The summed E-state index contributed by atoms with van der Waals surface area (Å²) >= 11 is 1.63. The summed E-state index contributed by atoms with van der Waals surface area (Å²) in [5.74, 6) is 1.69. The van der Waals surface area contributed by atoms with Crippen molar-refractivity contribution in [2.75, 3.05) is 11.9 Å². The molecule has 2 N–H and O–H groups in total. The number of fused-ring (bicyclic) bond motifs is 1. The van der Waals surface area contributed by atoms with E-state index in [2.05, 4.69) is 34.3 Å². The number of nitrogens with one attached hydrogen (secondary N) is 1. The molecule has 0 saturated heterocycles. The van der Waals surface area contributed by atoms with Crippen molar-refractivity contribution in [2.45, 2.75) is 25.8 Å². The number of nitrogens with zero attached hydrogens (tertiary/aromatic N) is 2. The van der Waals surface area contributed by atoms with Gasteiger partial charge in [0.2, 0.25) is 0 Å². The molecule has 0 aliphatic heterocycles. The van der Waals surface area contributed by atoms with Gasteiger partial charge in [0.25, 0.3) is 0 Å². The molecule has 2 aromatic heterocycles. The van der Waals surface area contributed by atoms with E-state index in [1.807, 2.05) is 29.6 Å². The van der Waals surface area contributed by atoms with Crippen molar-refractivity contribution < 1.29 is 5.11 Å². The Labute approximate surface area is 133 Å². The first kappa shape index (κ1) is 14.9. The van der Waals surface area contributed by atoms with Crippen molar-refractivity contribution in [3.8, 4) is 0 Å². The minimum Gasteiger partial charge on any atom is -0.396 e. The van der Waals surface area contributed by atoms with Gasteiger partial charge in [-0.05, 0) is 23.4 Å². The summed E-state index contributed by atoms with van der Waals surface area (Å²) in [5.41, 5.74) is 1.15. The topological polar surface area (TPSA) is 58.0 Å². The highest BCUT2D eigenvalue weighted by atomic mass is 32.1. The highest BCUT2D eigenvalue weighted by molar-refractivity contribution is 7.16. The first-order valence-electron chi connectivity index (χ1n) is 7.48. The minimum atomic E-state index is 0.0360. The Balaban J connectivity index is 1.97. The largest absolute Gasteiger partial charge is 0.396 e. The lowest BCUT2D eigenvalue weighted by Crippen LogP contribution is -2.14. The van der Waals surface area contributed by atoms with Crippen LogP contribution in [0.4, 0.5) is 5.82 Å². The molecule has 2 heterocycles. The van der Waals surface area contributed by atoms with E-state index in [4.69, 9.17) is 0 Å². The fraction of sp³-hybridized carbons (Fsp3) is 0.294. The van der Waals surface area contributed by atoms with Gasteiger partial charge in [0.05, 0.1) is 11.4 Å². The molecule has 5 heteroatoms. The number of rotatable bonds is 6. The van der Waals surface area contributed by atoms with Crippen LogP contribution in [-0.2, 0) is 6.42 Å². The zero-order chi connectivity index (χ0) is 15.4. The molecule has 3 rings (SSSR count). The molecular weight excluding hydrogens is 294 g/mol. The van der Waals surface area contributed by atoms with Gasteiger partial charge in [0.1, 0.15) is 16.5 Å². The number of hydrogen-bond donors (Lipinski definition) is 2. The van der Waals surface area contributed by atoms with E-state index in [9.17, 15) is 5.11 Å². The summed E-state index contributed by atoms with van der Waals surface area (Å²) in [6.45, 7) is 2.19. The highest BCUT2D eigenvalue weighted by Gasteiger charge is 2.15. The molecule has 0 fully saturated rings. The third-order valence-electron chi connectivity index (χ3n) is 3.62. The molecule has 1 aromatic carbocycles. The number of aliphatic hydroxyl groups excluding tert-OH is 1. The molecule has 0 spiro atoms. The maximum atomic E-state index is 9.38. The number of aryl methyl sites for hydroxylation is 1. The Morgan fingerprint density at radius 1 is 1.18 bits per heavy atom. The van der Waals surface area contributed by atoms with Crippen LogP contribution in [-0.4, -0.2) is 21.7 Å². The fourth-order valence-corrected chi connectivity index (χ4v) is 3.25. The average Bonchev–Trinajstić information content (AvgIpc) is 3.03. The second kappa shape index (κ2) is 6.85. The van der Waals surface area contributed by atoms with E-state index in [1.165, 1.54) is 0 Å². The van der Waals surface area contributed by atoms with Crippen LogP contribution in [0, 0.1) is 0 Å². The van der Waals surface area contributed by atoms with Crippen LogP contribution in [0.25, 0.3) is 10.2 Å². The maximum Gasteiger partial charge on any atom is 0.139 e. The second-order valence-electron chi connectivity index (χ2n) is 5.10. The number of benzene rings is 1. The van der Waals surface area contributed by atoms with E-state index in [1.54, 1.807) is 11.3 Å². The van der Waals surface area contributed by atoms with Gasteiger partial charge in [-0.1, -0.05) is 37.3 Å². The van der Waals surface area contributed by atoms with Crippen molar-refractivity contribution in [1.82, 2.24) is 9.97 Å². The summed E-state index contributed by atoms with van der Waals surface area (Å²) in [7, 11) is 0. The zero-order valence-electron chi connectivity index (χ0n) is 12.5. The highest BCUT2D eigenvalue weighted by Crippen LogP contribution is 2.29. The fourth-order valence-electron chi connectivity index (χ4n) is 2.47. The molecular formula is C17H19N3OS. The third-order valence-corrected chi connectivity index (χ3v) is 4.42. The standard InChI is InChI=1S/C17H19N3OS/c1-2-15-19-16(13-9-11-22-17(13)20-15)18-14(8-10-21)12-6-4-3-5-7-12/h3-7,9,11,14,21H,2,8,10H2,1H3,(H,18,19,20)/t14-/m0/s1. The summed E-state index contributed by atoms with van der Waals surface area (Å²) in [4.78, 5) is 10.2. The van der Waals surface area contributed by atoms with Gasteiger partial charge in [-0.25, -0.2) is 9.97 Å². The van der Waals surface area contributed by atoms with Gasteiger partial charge >= 0.3 is 0 Å². The second-order valence-corrected chi connectivity index (χ2v) is 6.00. The lowest BCUT2D eigenvalue weighted by molar-refractivity contribution is 0.280. The Morgan fingerprint density at radius 2 is 2.00 bits per heavy atom.